The van der Waals surface area contributed by atoms with Gasteiger partial charge in [0.05, 0.1) is 23.7 Å². The van der Waals surface area contributed by atoms with E-state index in [4.69, 9.17) is 0 Å². The minimum atomic E-state index is -4.23. The van der Waals surface area contributed by atoms with Gasteiger partial charge in [-0.15, -0.1) is 23.7 Å². The number of aromatic nitrogens is 4. The quantitative estimate of drug-likeness (QED) is 0.345. The van der Waals surface area contributed by atoms with E-state index in [0.29, 0.717) is 22.1 Å². The molecule has 0 spiro atoms. The van der Waals surface area contributed by atoms with Crippen LogP contribution < -0.4 is 10.2 Å². The number of hydrogen-bond donors (Lipinski definition) is 1. The molecule has 1 aromatic carbocycles. The van der Waals surface area contributed by atoms with E-state index in [0.717, 1.165) is 48.4 Å². The van der Waals surface area contributed by atoms with Gasteiger partial charge in [0.15, 0.2) is 0 Å². The standard InChI is InChI=1S/C24H25F3N6S.ClH/c1-32(22-21-10-20(11-24(25,26)27)34-23(21)30-15-29-22)19-8-7-17(9-19)28-12-16-13-31-33(14-16)18-5-3-2-4-6-18;/h2-6,10,13-15,17,19,28H,7-9,11-12H2,1H3;1H/t17-,19+;/m0./s1. The minimum Gasteiger partial charge on any atom is -0.356 e. The maximum atomic E-state index is 12.8. The molecule has 1 saturated carbocycles. The maximum absolute atomic E-state index is 12.8. The topological polar surface area (TPSA) is 58.9 Å². The van der Waals surface area contributed by atoms with Gasteiger partial charge in [-0.25, -0.2) is 14.6 Å². The number of hydrogen-bond acceptors (Lipinski definition) is 6. The third-order valence-corrected chi connectivity index (χ3v) is 7.32. The fraction of sp³-hybridized carbons (Fsp3) is 0.375. The molecule has 0 radical (unpaired) electrons. The van der Waals surface area contributed by atoms with Gasteiger partial charge in [-0.2, -0.15) is 18.3 Å². The van der Waals surface area contributed by atoms with E-state index in [-0.39, 0.29) is 23.3 Å². The van der Waals surface area contributed by atoms with Crippen LogP contribution >= 0.6 is 23.7 Å². The lowest BCUT2D eigenvalue weighted by Gasteiger charge is -2.26. The van der Waals surface area contributed by atoms with Crippen LogP contribution in [0.1, 0.15) is 29.7 Å². The molecule has 0 bridgehead atoms. The zero-order valence-electron chi connectivity index (χ0n) is 19.1. The van der Waals surface area contributed by atoms with Gasteiger partial charge >= 0.3 is 6.18 Å². The van der Waals surface area contributed by atoms with Crippen LogP contribution in [-0.4, -0.2) is 45.1 Å². The summed E-state index contributed by atoms with van der Waals surface area (Å²) in [6.07, 6.45) is 3.14. The minimum absolute atomic E-state index is 0. The number of rotatable bonds is 7. The number of benzene rings is 1. The molecule has 0 aliphatic heterocycles. The van der Waals surface area contributed by atoms with E-state index >= 15 is 0 Å². The predicted octanol–water partition coefficient (Wildman–Crippen LogP) is 5.55. The lowest BCUT2D eigenvalue weighted by atomic mass is 10.2. The monoisotopic (exact) mass is 522 g/mol. The van der Waals surface area contributed by atoms with Crippen LogP contribution in [0.4, 0.5) is 19.0 Å². The fourth-order valence-electron chi connectivity index (χ4n) is 4.56. The summed E-state index contributed by atoms with van der Waals surface area (Å²) in [4.78, 5) is 11.6. The number of alkyl halides is 3. The molecule has 6 nitrogen and oxygen atoms in total. The third-order valence-electron chi connectivity index (χ3n) is 6.27. The second kappa shape index (κ2) is 10.5. The number of thiophene rings is 1. The van der Waals surface area contributed by atoms with Gasteiger partial charge in [-0.05, 0) is 37.5 Å². The molecule has 4 aromatic rings. The first-order chi connectivity index (χ1) is 16.4. The van der Waals surface area contributed by atoms with Crippen molar-refractivity contribution in [2.45, 2.75) is 50.5 Å². The Morgan fingerprint density at radius 3 is 2.74 bits per heavy atom. The van der Waals surface area contributed by atoms with Crippen molar-refractivity contribution in [2.24, 2.45) is 0 Å². The Kier molecular flexibility index (Phi) is 7.63. The van der Waals surface area contributed by atoms with Crippen molar-refractivity contribution >= 4 is 39.8 Å². The van der Waals surface area contributed by atoms with E-state index in [9.17, 15) is 13.2 Å². The van der Waals surface area contributed by atoms with Crippen LogP contribution in [0.15, 0.2) is 55.1 Å². The lowest BCUT2D eigenvalue weighted by molar-refractivity contribution is -0.126. The number of fused-ring (bicyclic) bond motifs is 1. The summed E-state index contributed by atoms with van der Waals surface area (Å²) < 4.78 is 40.4. The first-order valence-corrected chi connectivity index (χ1v) is 12.0. The first kappa shape index (κ1) is 25.4. The van der Waals surface area contributed by atoms with Gasteiger partial charge in [-0.3, -0.25) is 0 Å². The summed E-state index contributed by atoms with van der Waals surface area (Å²) in [5.74, 6) is 0.699. The smallest absolute Gasteiger partial charge is 0.356 e. The molecule has 35 heavy (non-hydrogen) atoms. The Morgan fingerprint density at radius 1 is 1.17 bits per heavy atom. The fourth-order valence-corrected chi connectivity index (χ4v) is 5.58. The van der Waals surface area contributed by atoms with Crippen molar-refractivity contribution in [1.82, 2.24) is 25.1 Å². The highest BCUT2D eigenvalue weighted by Crippen LogP contribution is 2.35. The molecule has 186 valence electrons. The van der Waals surface area contributed by atoms with Gasteiger partial charge in [-0.1, -0.05) is 18.2 Å². The molecule has 1 N–H and O–H groups in total. The van der Waals surface area contributed by atoms with Gasteiger partial charge < -0.3 is 10.2 Å². The Bertz CT molecular complexity index is 1260. The zero-order chi connectivity index (χ0) is 23.7. The molecule has 1 aliphatic rings. The summed E-state index contributed by atoms with van der Waals surface area (Å²) in [5.41, 5.74) is 2.15. The SMILES string of the molecule is CN(c1ncnc2sc(CC(F)(F)F)cc12)[C@@H]1CC[C@H](NCc2cnn(-c3ccccc3)c2)C1.Cl. The van der Waals surface area contributed by atoms with E-state index < -0.39 is 12.6 Å². The Balaban J connectivity index is 0.00000289. The van der Waals surface area contributed by atoms with Crippen molar-refractivity contribution in [3.8, 4) is 5.69 Å². The third kappa shape index (κ3) is 5.94. The van der Waals surface area contributed by atoms with Crippen molar-refractivity contribution in [1.29, 1.82) is 0 Å². The molecule has 1 aliphatic carbocycles. The highest BCUT2D eigenvalue weighted by atomic mass is 35.5. The highest BCUT2D eigenvalue weighted by Gasteiger charge is 2.31. The average Bonchev–Trinajstić information content (AvgIpc) is 3.55. The lowest BCUT2D eigenvalue weighted by Crippen LogP contribution is -2.33. The molecule has 3 aromatic heterocycles. The van der Waals surface area contributed by atoms with E-state index in [1.807, 2.05) is 54.5 Å². The van der Waals surface area contributed by atoms with Crippen LogP contribution in [0.25, 0.3) is 15.9 Å². The number of halogens is 4. The van der Waals surface area contributed by atoms with Crippen LogP contribution in [0.3, 0.4) is 0 Å². The van der Waals surface area contributed by atoms with Gasteiger partial charge in [0.1, 0.15) is 17.0 Å². The molecule has 3 heterocycles. The van der Waals surface area contributed by atoms with Crippen LogP contribution in [0.5, 0.6) is 0 Å². The number of nitrogens with one attached hydrogen (secondary N) is 1. The van der Waals surface area contributed by atoms with Gasteiger partial charge in [0.25, 0.3) is 0 Å². The van der Waals surface area contributed by atoms with Crippen molar-refractivity contribution < 1.29 is 13.2 Å². The van der Waals surface area contributed by atoms with E-state index in [1.165, 1.54) is 6.33 Å². The second-order valence-corrected chi connectivity index (χ2v) is 9.82. The van der Waals surface area contributed by atoms with Gasteiger partial charge in [0, 0.05) is 42.3 Å². The molecule has 0 amide bonds. The molecule has 0 unspecified atom stereocenters. The average molecular weight is 523 g/mol. The van der Waals surface area contributed by atoms with Crippen molar-refractivity contribution in [3.05, 3.63) is 65.6 Å². The molecule has 5 rings (SSSR count). The summed E-state index contributed by atoms with van der Waals surface area (Å²) in [7, 11) is 1.97. The molecule has 2 atom stereocenters. The predicted molar refractivity (Wildman–Crippen MR) is 135 cm³/mol. The molecule has 11 heteroatoms. The summed E-state index contributed by atoms with van der Waals surface area (Å²) in [5, 5.41) is 8.78. The first-order valence-electron chi connectivity index (χ1n) is 11.2. The Labute approximate surface area is 211 Å². The number of para-hydroxylation sites is 1. The van der Waals surface area contributed by atoms with Crippen LogP contribution in [-0.2, 0) is 13.0 Å². The number of nitrogens with zero attached hydrogens (tertiary/aromatic N) is 5. The van der Waals surface area contributed by atoms with Gasteiger partial charge in [0.2, 0.25) is 0 Å². The normalized spacial score (nSPS) is 18.1. The molecular formula is C24H26ClF3N6S. The zero-order valence-corrected chi connectivity index (χ0v) is 20.7. The second-order valence-electron chi connectivity index (χ2n) is 8.71. The molecule has 0 saturated heterocycles. The van der Waals surface area contributed by atoms with Crippen LogP contribution in [0, 0.1) is 0 Å². The van der Waals surface area contributed by atoms with E-state index in [2.05, 4.69) is 25.3 Å². The summed E-state index contributed by atoms with van der Waals surface area (Å²) >= 11 is 1.09. The van der Waals surface area contributed by atoms with Crippen molar-refractivity contribution in [2.75, 3.05) is 11.9 Å². The summed E-state index contributed by atoms with van der Waals surface area (Å²) in [6, 6.07) is 12.2. The Hall–Kier alpha value is -2.69. The summed E-state index contributed by atoms with van der Waals surface area (Å²) in [6.45, 7) is 0.733. The van der Waals surface area contributed by atoms with Crippen LogP contribution in [0.2, 0.25) is 0 Å². The molecular weight excluding hydrogens is 497 g/mol. The van der Waals surface area contributed by atoms with E-state index in [1.54, 1.807) is 6.07 Å². The van der Waals surface area contributed by atoms with Crippen molar-refractivity contribution in [3.63, 3.8) is 0 Å². The molecule has 1 fully saturated rings. The largest absolute Gasteiger partial charge is 0.393 e. The number of anilines is 1. The highest BCUT2D eigenvalue weighted by molar-refractivity contribution is 7.18. The maximum Gasteiger partial charge on any atom is 0.393 e. The Morgan fingerprint density at radius 2 is 1.97 bits per heavy atom.